The Morgan fingerprint density at radius 1 is 0.721 bits per heavy atom. The van der Waals surface area contributed by atoms with Crippen LogP contribution in [0, 0.1) is 5.82 Å². The average Bonchev–Trinajstić information content (AvgIpc) is 3.73. The molecule has 1 saturated heterocycles. The van der Waals surface area contributed by atoms with Crippen LogP contribution in [0.25, 0.3) is 22.2 Å². The van der Waals surface area contributed by atoms with E-state index < -0.39 is 5.82 Å². The van der Waals surface area contributed by atoms with Crippen molar-refractivity contribution >= 4 is 39.6 Å². The second-order valence-electron chi connectivity index (χ2n) is 18.5. The SMILES string of the molecule is CN1/C(=C/C=C2\CCC/C(=C\C=C3\N(C)c4ccccc4C3(C)C)C2=[N+]2CCN(c3ccc(-c4[nH]c5cc(F)cc6c5c4CCNC6=O)cc3)CC2)C(C)(C)c2ccccc21. The first-order valence-corrected chi connectivity index (χ1v) is 22.0. The number of carbonyl (C=O) groups excluding carboxylic acids is 1. The van der Waals surface area contributed by atoms with Crippen molar-refractivity contribution < 1.29 is 13.8 Å². The minimum absolute atomic E-state index is 0.0863. The van der Waals surface area contributed by atoms with E-state index >= 15 is 0 Å². The zero-order chi connectivity index (χ0) is 42.2. The summed E-state index contributed by atoms with van der Waals surface area (Å²) in [6.07, 6.45) is 13.6. The number of piperazine rings is 1. The zero-order valence-corrected chi connectivity index (χ0v) is 36.3. The molecule has 0 bridgehead atoms. The molecule has 5 aliphatic rings. The van der Waals surface area contributed by atoms with Crippen LogP contribution in [0.4, 0.5) is 21.5 Å². The number of para-hydroxylation sites is 2. The quantitative estimate of drug-likeness (QED) is 0.178. The van der Waals surface area contributed by atoms with Crippen molar-refractivity contribution in [2.24, 2.45) is 0 Å². The Labute approximate surface area is 359 Å². The smallest absolute Gasteiger partial charge is 0.252 e. The molecule has 0 unspecified atom stereocenters. The molecule has 0 spiro atoms. The van der Waals surface area contributed by atoms with E-state index in [1.165, 1.54) is 68.6 Å². The Bertz CT molecular complexity index is 2670. The van der Waals surface area contributed by atoms with E-state index in [-0.39, 0.29) is 16.7 Å². The van der Waals surface area contributed by atoms with Crippen LogP contribution in [-0.4, -0.2) is 68.0 Å². The standard InChI is InChI=1S/C53H55FN6O/c1-52(2)41-14-7-9-16-44(41)57(5)46(52)24-20-35-12-11-13-36(21-25-47-53(3,4)42-15-8-10-17-45(42)58(47)6)50(35)60-30-28-59(29-31-60)38-22-18-34(19-23-38)49-39-26-27-55-51(61)40-32-37(54)33-43(56-49)48(39)40/h7-10,14-25,32-33H,11-13,26-31H2,1-6H3,(H-,55,56,61)/p+1. The van der Waals surface area contributed by atoms with E-state index in [0.29, 0.717) is 24.0 Å². The number of nitrogens with one attached hydrogen (secondary N) is 2. The van der Waals surface area contributed by atoms with Crippen molar-refractivity contribution in [3.8, 4) is 11.3 Å². The minimum atomic E-state index is -0.410. The lowest BCUT2D eigenvalue weighted by molar-refractivity contribution is -0.529. The Kier molecular flexibility index (Phi) is 9.46. The van der Waals surface area contributed by atoms with E-state index in [1.807, 2.05) is 0 Å². The Hall–Kier alpha value is -6.15. The van der Waals surface area contributed by atoms with Gasteiger partial charge in [0.15, 0.2) is 13.1 Å². The van der Waals surface area contributed by atoms with Crippen molar-refractivity contribution in [3.05, 3.63) is 160 Å². The molecule has 10 rings (SSSR count). The second kappa shape index (κ2) is 14.8. The molecule has 61 heavy (non-hydrogen) atoms. The van der Waals surface area contributed by atoms with Gasteiger partial charge in [0.05, 0.1) is 18.7 Å². The normalized spacial score (nSPS) is 22.1. The van der Waals surface area contributed by atoms with Crippen LogP contribution in [-0.2, 0) is 17.3 Å². The van der Waals surface area contributed by atoms with E-state index in [0.717, 1.165) is 67.6 Å². The Morgan fingerprint density at radius 3 is 1.87 bits per heavy atom. The first-order chi connectivity index (χ1) is 29.4. The number of hydrogen-bond acceptors (Lipinski definition) is 4. The van der Waals surface area contributed by atoms with Gasteiger partial charge in [-0.3, -0.25) is 4.79 Å². The molecule has 5 heterocycles. The topological polar surface area (TPSA) is 57.6 Å². The number of anilines is 3. The summed E-state index contributed by atoms with van der Waals surface area (Å²) in [4.78, 5) is 23.5. The van der Waals surface area contributed by atoms with Crippen molar-refractivity contribution in [3.63, 3.8) is 0 Å². The highest BCUT2D eigenvalue weighted by Crippen LogP contribution is 2.48. The van der Waals surface area contributed by atoms with Crippen LogP contribution < -0.4 is 20.0 Å². The largest absolute Gasteiger partial charge is 0.359 e. The van der Waals surface area contributed by atoms with Gasteiger partial charge in [-0.15, -0.1) is 0 Å². The fourth-order valence-electron chi connectivity index (χ4n) is 11.1. The molecular weight excluding hydrogens is 756 g/mol. The zero-order valence-electron chi connectivity index (χ0n) is 36.3. The number of aromatic amines is 1. The molecule has 0 atom stereocenters. The molecule has 7 nitrogen and oxygen atoms in total. The van der Waals surface area contributed by atoms with Crippen molar-refractivity contribution in [2.75, 3.05) is 61.5 Å². The van der Waals surface area contributed by atoms with E-state index in [2.05, 4.69) is 168 Å². The molecular formula is C53H56FN6O+. The first-order valence-electron chi connectivity index (χ1n) is 22.0. The van der Waals surface area contributed by atoms with Crippen LogP contribution in [0.5, 0.6) is 0 Å². The van der Waals surface area contributed by atoms with Crippen LogP contribution >= 0.6 is 0 Å². The molecule has 2 N–H and O–H groups in total. The summed E-state index contributed by atoms with van der Waals surface area (Å²) >= 11 is 0. The highest BCUT2D eigenvalue weighted by atomic mass is 19.1. The number of fused-ring (bicyclic) bond motifs is 2. The van der Waals surface area contributed by atoms with Gasteiger partial charge in [0, 0.05) is 87.7 Å². The molecule has 5 aromatic rings. The average molecular weight is 812 g/mol. The predicted molar refractivity (Wildman–Crippen MR) is 249 cm³/mol. The van der Waals surface area contributed by atoms with Crippen LogP contribution in [0.15, 0.2) is 132 Å². The number of H-pyrrole nitrogens is 1. The lowest BCUT2D eigenvalue weighted by Crippen LogP contribution is -2.45. The van der Waals surface area contributed by atoms with Crippen molar-refractivity contribution in [1.29, 1.82) is 0 Å². The number of halogens is 1. The summed E-state index contributed by atoms with van der Waals surface area (Å²) < 4.78 is 17.2. The van der Waals surface area contributed by atoms with Gasteiger partial charge in [-0.05, 0) is 96.5 Å². The predicted octanol–water partition coefficient (Wildman–Crippen LogP) is 10.2. The molecule has 310 valence electrons. The number of amides is 1. The molecule has 4 aliphatic heterocycles. The fraction of sp³-hybridized carbons (Fsp3) is 0.321. The maximum atomic E-state index is 14.6. The lowest BCUT2D eigenvalue weighted by atomic mass is 9.82. The fourth-order valence-corrected chi connectivity index (χ4v) is 11.1. The van der Waals surface area contributed by atoms with Gasteiger partial charge in [-0.1, -0.05) is 88.4 Å². The van der Waals surface area contributed by atoms with Crippen LogP contribution in [0.2, 0.25) is 0 Å². The number of rotatable bonds is 4. The number of nitrogens with zero attached hydrogens (tertiary/aromatic N) is 4. The first kappa shape index (κ1) is 39.0. The third-order valence-electron chi connectivity index (χ3n) is 14.3. The highest BCUT2D eigenvalue weighted by molar-refractivity contribution is 6.11. The maximum Gasteiger partial charge on any atom is 0.252 e. The van der Waals surface area contributed by atoms with Gasteiger partial charge in [-0.25, -0.2) is 8.97 Å². The molecule has 1 aromatic heterocycles. The number of allylic oxidation sites excluding steroid dienone is 8. The maximum absolute atomic E-state index is 14.6. The highest BCUT2D eigenvalue weighted by Gasteiger charge is 2.40. The molecule has 2 fully saturated rings. The Morgan fingerprint density at radius 2 is 1.30 bits per heavy atom. The number of hydrogen-bond donors (Lipinski definition) is 2. The molecule has 1 aliphatic carbocycles. The van der Waals surface area contributed by atoms with E-state index in [9.17, 15) is 9.18 Å². The van der Waals surface area contributed by atoms with Crippen molar-refractivity contribution in [2.45, 2.75) is 64.2 Å². The minimum Gasteiger partial charge on any atom is -0.359 e. The lowest BCUT2D eigenvalue weighted by Gasteiger charge is -2.30. The van der Waals surface area contributed by atoms with Crippen LogP contribution in [0.3, 0.4) is 0 Å². The van der Waals surface area contributed by atoms with E-state index in [4.69, 9.17) is 0 Å². The number of aromatic nitrogens is 1. The van der Waals surface area contributed by atoms with Gasteiger partial charge in [-0.2, -0.15) is 0 Å². The van der Waals surface area contributed by atoms with Gasteiger partial charge in [0.1, 0.15) is 5.82 Å². The molecule has 8 heteroatoms. The Balaban J connectivity index is 0.973. The van der Waals surface area contributed by atoms with Crippen molar-refractivity contribution in [1.82, 2.24) is 10.3 Å². The molecule has 1 saturated carbocycles. The molecule has 4 aromatic carbocycles. The number of likely N-dealkylation sites (N-methyl/N-ethyl adjacent to an activating group) is 2. The van der Waals surface area contributed by atoms with Gasteiger partial charge >= 0.3 is 0 Å². The van der Waals surface area contributed by atoms with Gasteiger partial charge in [0.25, 0.3) is 5.91 Å². The third kappa shape index (κ3) is 6.45. The summed E-state index contributed by atoms with van der Waals surface area (Å²) in [7, 11) is 4.41. The monoisotopic (exact) mass is 811 g/mol. The van der Waals surface area contributed by atoms with Gasteiger partial charge < -0.3 is 25.0 Å². The molecule has 1 amide bonds. The third-order valence-corrected chi connectivity index (χ3v) is 14.3. The summed E-state index contributed by atoms with van der Waals surface area (Å²) in [5, 5.41) is 3.76. The number of carbonyl (C=O) groups is 1. The van der Waals surface area contributed by atoms with Crippen LogP contribution in [0.1, 0.15) is 74.0 Å². The van der Waals surface area contributed by atoms with E-state index in [1.54, 1.807) is 0 Å². The number of benzene rings is 4. The van der Waals surface area contributed by atoms with Gasteiger partial charge in [0.2, 0.25) is 5.71 Å². The second-order valence-corrected chi connectivity index (χ2v) is 18.5. The summed E-state index contributed by atoms with van der Waals surface area (Å²) in [5.41, 5.74) is 17.4. The molecule has 0 radical (unpaired) electrons. The summed E-state index contributed by atoms with van der Waals surface area (Å²) in [6, 6.07) is 29.2. The summed E-state index contributed by atoms with van der Waals surface area (Å²) in [6.45, 7) is 13.6. The summed E-state index contributed by atoms with van der Waals surface area (Å²) in [5.74, 6) is -0.631.